The van der Waals surface area contributed by atoms with Gasteiger partial charge in [0.25, 0.3) is 0 Å². The monoisotopic (exact) mass is 389 g/mol. The van der Waals surface area contributed by atoms with E-state index in [-0.39, 0.29) is 10.9 Å². The van der Waals surface area contributed by atoms with Crippen LogP contribution in [0.3, 0.4) is 0 Å². The van der Waals surface area contributed by atoms with Crippen molar-refractivity contribution in [1.82, 2.24) is 4.98 Å². The van der Waals surface area contributed by atoms with Gasteiger partial charge >= 0.3 is 0 Å². The summed E-state index contributed by atoms with van der Waals surface area (Å²) in [5, 5.41) is 0.353. The van der Waals surface area contributed by atoms with Crippen LogP contribution >= 0.6 is 11.6 Å². The van der Waals surface area contributed by atoms with Gasteiger partial charge in [-0.25, -0.2) is 23.4 Å². The predicted octanol–water partition coefficient (Wildman–Crippen LogP) is 2.17. The zero-order chi connectivity index (χ0) is 19.1. The summed E-state index contributed by atoms with van der Waals surface area (Å²) in [5.41, 5.74) is 14.5. The first kappa shape index (κ1) is 18.1. The molecule has 2 aromatic rings. The van der Waals surface area contributed by atoms with Gasteiger partial charge in [0.05, 0.1) is 17.6 Å². The van der Waals surface area contributed by atoms with Crippen molar-refractivity contribution in [3.8, 4) is 0 Å². The van der Waals surface area contributed by atoms with Crippen LogP contribution in [0, 0.1) is 0 Å². The number of hydrogen-bond donors (Lipinski definition) is 2. The highest BCUT2D eigenvalue weighted by atomic mass is 35.5. The lowest BCUT2D eigenvalue weighted by atomic mass is 10.0. The van der Waals surface area contributed by atoms with Gasteiger partial charge in [0, 0.05) is 28.1 Å². The number of amidine groups is 1. The van der Waals surface area contributed by atoms with E-state index in [1.807, 2.05) is 0 Å². The van der Waals surface area contributed by atoms with Crippen molar-refractivity contribution in [3.05, 3.63) is 64.1 Å². The van der Waals surface area contributed by atoms with Crippen LogP contribution < -0.4 is 11.5 Å². The summed E-state index contributed by atoms with van der Waals surface area (Å²) in [7, 11) is -3.52. The fraction of sp³-hybridized carbons (Fsp3) is 0.118. The number of aromatic nitrogens is 1. The maximum absolute atomic E-state index is 11.9. The summed E-state index contributed by atoms with van der Waals surface area (Å²) in [5.74, 6) is 0.113. The van der Waals surface area contributed by atoms with Crippen molar-refractivity contribution < 1.29 is 8.42 Å². The molecular weight excluding hydrogens is 374 g/mol. The number of sulfone groups is 1. The number of nitrogens with zero attached hydrogens (tertiary/aromatic N) is 3. The number of nitrogens with two attached hydrogens (primary N) is 2. The summed E-state index contributed by atoms with van der Waals surface area (Å²) in [6.07, 6.45) is 2.43. The number of rotatable bonds is 2. The van der Waals surface area contributed by atoms with E-state index < -0.39 is 9.84 Å². The maximum atomic E-state index is 11.9. The Balaban J connectivity index is 2.41. The Hall–Kier alpha value is -2.71. The number of hydrogen-bond acceptors (Lipinski definition) is 7. The average Bonchev–Trinajstić information content (AvgIpc) is 2.70. The lowest BCUT2D eigenvalue weighted by Gasteiger charge is -2.11. The molecule has 7 nitrogen and oxygen atoms in total. The molecule has 0 bridgehead atoms. The van der Waals surface area contributed by atoms with Crippen molar-refractivity contribution in [2.75, 3.05) is 6.26 Å². The second kappa shape index (κ2) is 6.54. The van der Waals surface area contributed by atoms with Gasteiger partial charge in [-0.15, -0.1) is 0 Å². The second-order valence-corrected chi connectivity index (χ2v) is 8.15. The van der Waals surface area contributed by atoms with Crippen molar-refractivity contribution >= 4 is 38.7 Å². The molecule has 0 aliphatic carbocycles. The van der Waals surface area contributed by atoms with Gasteiger partial charge in [0.1, 0.15) is 5.70 Å². The van der Waals surface area contributed by atoms with Crippen LogP contribution in [0.15, 0.2) is 62.9 Å². The number of pyridine rings is 1. The number of benzene rings is 1. The lowest BCUT2D eigenvalue weighted by molar-refractivity contribution is 0.598. The van der Waals surface area contributed by atoms with Crippen LogP contribution in [0.25, 0.3) is 0 Å². The quantitative estimate of drug-likeness (QED) is 0.814. The normalized spacial score (nSPS) is 16.3. The van der Waals surface area contributed by atoms with Gasteiger partial charge in [-0.05, 0) is 19.1 Å². The molecule has 1 aliphatic heterocycles. The topological polar surface area (TPSA) is 124 Å². The minimum atomic E-state index is -3.52. The molecule has 2 heterocycles. The fourth-order valence-electron chi connectivity index (χ4n) is 2.47. The largest absolute Gasteiger partial charge is 0.400 e. The Bertz CT molecular complexity index is 1100. The molecule has 9 heteroatoms. The van der Waals surface area contributed by atoms with E-state index in [1.54, 1.807) is 31.2 Å². The van der Waals surface area contributed by atoms with E-state index in [0.717, 1.165) is 6.26 Å². The van der Waals surface area contributed by atoms with Crippen LogP contribution in [0.5, 0.6) is 0 Å². The van der Waals surface area contributed by atoms with E-state index in [0.29, 0.717) is 38.9 Å². The third-order valence-electron chi connectivity index (χ3n) is 3.70. The van der Waals surface area contributed by atoms with Crippen LogP contribution in [0.4, 0.5) is 5.69 Å². The van der Waals surface area contributed by atoms with Gasteiger partial charge in [-0.1, -0.05) is 29.8 Å². The first-order valence-electron chi connectivity index (χ1n) is 7.53. The van der Waals surface area contributed by atoms with Crippen molar-refractivity contribution in [1.29, 1.82) is 0 Å². The van der Waals surface area contributed by atoms with Crippen LogP contribution in [-0.2, 0) is 9.84 Å². The summed E-state index contributed by atoms with van der Waals surface area (Å²) in [6, 6.07) is 8.49. The lowest BCUT2D eigenvalue weighted by Crippen LogP contribution is -2.17. The zero-order valence-corrected chi connectivity index (χ0v) is 15.6. The smallest absolute Gasteiger partial charge is 0.192 e. The molecule has 26 heavy (non-hydrogen) atoms. The standard InChI is InChI=1S/C17H16ClN5O2S/c1-9(19)15-17(20)22-13-8-21-14(26(2,24)25)7-11(13)16(23-15)10-5-3-4-6-12(10)18/h3-8H,19H2,1-2H3,(H2,20,22)/b15-9+. The number of halogens is 1. The van der Waals surface area contributed by atoms with Gasteiger partial charge in [0.15, 0.2) is 20.7 Å². The van der Waals surface area contributed by atoms with Crippen molar-refractivity contribution in [3.63, 3.8) is 0 Å². The molecule has 0 radical (unpaired) electrons. The molecule has 0 saturated carbocycles. The van der Waals surface area contributed by atoms with Gasteiger partial charge in [-0.2, -0.15) is 0 Å². The molecule has 0 atom stereocenters. The first-order valence-corrected chi connectivity index (χ1v) is 9.80. The number of aliphatic imine (C=N–C) groups is 2. The average molecular weight is 390 g/mol. The van der Waals surface area contributed by atoms with Crippen LogP contribution in [0.2, 0.25) is 5.02 Å². The highest BCUT2D eigenvalue weighted by molar-refractivity contribution is 7.90. The summed E-state index contributed by atoms with van der Waals surface area (Å²) < 4.78 is 23.9. The maximum Gasteiger partial charge on any atom is 0.192 e. The SMILES string of the molecule is C/C(N)=C1\N=C(c2ccccc2Cl)c2cc(S(C)(=O)=O)ncc2N=C1N. The molecule has 0 saturated heterocycles. The first-order chi connectivity index (χ1) is 12.2. The molecule has 1 aromatic carbocycles. The zero-order valence-electron chi connectivity index (χ0n) is 14.1. The Kier molecular flexibility index (Phi) is 4.55. The van der Waals surface area contributed by atoms with Crippen LogP contribution in [0.1, 0.15) is 18.1 Å². The molecule has 0 unspecified atom stereocenters. The summed E-state index contributed by atoms with van der Waals surface area (Å²) in [4.78, 5) is 12.8. The van der Waals surface area contributed by atoms with Gasteiger partial charge < -0.3 is 11.5 Å². The Morgan fingerprint density at radius 1 is 1.15 bits per heavy atom. The molecule has 4 N–H and O–H groups in total. The Labute approximate surface area is 156 Å². The van der Waals surface area contributed by atoms with Crippen LogP contribution in [-0.4, -0.2) is 31.2 Å². The number of fused-ring (bicyclic) bond motifs is 1. The Morgan fingerprint density at radius 3 is 2.46 bits per heavy atom. The minimum Gasteiger partial charge on any atom is -0.400 e. The van der Waals surface area contributed by atoms with E-state index in [4.69, 9.17) is 23.1 Å². The summed E-state index contributed by atoms with van der Waals surface area (Å²) >= 11 is 6.34. The highest BCUT2D eigenvalue weighted by Gasteiger charge is 2.23. The van der Waals surface area contributed by atoms with Crippen molar-refractivity contribution in [2.45, 2.75) is 11.9 Å². The molecule has 1 aromatic heterocycles. The highest BCUT2D eigenvalue weighted by Crippen LogP contribution is 2.31. The molecule has 3 rings (SSSR count). The number of allylic oxidation sites excluding steroid dienone is 1. The summed E-state index contributed by atoms with van der Waals surface area (Å²) in [6.45, 7) is 1.65. The molecule has 0 spiro atoms. The van der Waals surface area contributed by atoms with E-state index in [2.05, 4.69) is 15.0 Å². The van der Waals surface area contributed by atoms with E-state index in [1.165, 1.54) is 12.3 Å². The fourth-order valence-corrected chi connectivity index (χ4v) is 3.27. The molecule has 1 aliphatic rings. The second-order valence-electron chi connectivity index (χ2n) is 5.78. The predicted molar refractivity (Wildman–Crippen MR) is 103 cm³/mol. The molecule has 134 valence electrons. The minimum absolute atomic E-state index is 0.0957. The Morgan fingerprint density at radius 2 is 1.85 bits per heavy atom. The third kappa shape index (κ3) is 3.33. The van der Waals surface area contributed by atoms with E-state index >= 15 is 0 Å². The van der Waals surface area contributed by atoms with Gasteiger partial charge in [-0.3, -0.25) is 0 Å². The molecular formula is C17H16ClN5O2S. The van der Waals surface area contributed by atoms with E-state index in [9.17, 15) is 8.42 Å². The molecule has 0 fully saturated rings. The third-order valence-corrected chi connectivity index (χ3v) is 5.02. The van der Waals surface area contributed by atoms with Crippen molar-refractivity contribution in [2.24, 2.45) is 21.5 Å². The van der Waals surface area contributed by atoms with Gasteiger partial charge in [0.2, 0.25) is 0 Å². The molecule has 0 amide bonds.